The number of aromatic amines is 1. The number of likely N-dealkylation sites (tertiary alicyclic amines) is 1. The van der Waals surface area contributed by atoms with E-state index in [0.717, 1.165) is 31.8 Å². The summed E-state index contributed by atoms with van der Waals surface area (Å²) >= 11 is 0. The van der Waals surface area contributed by atoms with Gasteiger partial charge in [0.05, 0.1) is 6.61 Å². The van der Waals surface area contributed by atoms with Gasteiger partial charge in [0.25, 0.3) is 5.91 Å². The maximum absolute atomic E-state index is 12.7. The zero-order valence-corrected chi connectivity index (χ0v) is 15.6. The number of ether oxygens (including phenoxy) is 1. The Labute approximate surface area is 158 Å². The lowest BCUT2D eigenvalue weighted by molar-refractivity contribution is 0.0555. The van der Waals surface area contributed by atoms with Crippen molar-refractivity contribution in [2.45, 2.75) is 57.4 Å². The van der Waals surface area contributed by atoms with Crippen molar-refractivity contribution in [3.63, 3.8) is 0 Å². The summed E-state index contributed by atoms with van der Waals surface area (Å²) in [4.78, 5) is 19.1. The largest absolute Gasteiger partial charge is 0.381 e. The molecular formula is C19H27N5O3. The average Bonchev–Trinajstić information content (AvgIpc) is 3.47. The van der Waals surface area contributed by atoms with Gasteiger partial charge in [-0.25, -0.2) is 0 Å². The molecule has 1 aliphatic heterocycles. The van der Waals surface area contributed by atoms with E-state index in [0.29, 0.717) is 37.0 Å². The number of carbonyl (C=O) groups is 1. The van der Waals surface area contributed by atoms with Gasteiger partial charge >= 0.3 is 0 Å². The Morgan fingerprint density at radius 3 is 2.93 bits per heavy atom. The van der Waals surface area contributed by atoms with Crippen molar-refractivity contribution < 1.29 is 14.1 Å². The van der Waals surface area contributed by atoms with E-state index in [-0.39, 0.29) is 11.9 Å². The first-order valence-electron chi connectivity index (χ1n) is 10.0. The lowest BCUT2D eigenvalue weighted by Gasteiger charge is -2.32. The SMILES string of the molecule is O=C(c1ccn[nH]1)N1CCCCC1c1nc(CCOCC2CCCC2)no1. The summed E-state index contributed by atoms with van der Waals surface area (Å²) in [5.41, 5.74) is 0.488. The summed E-state index contributed by atoms with van der Waals surface area (Å²) in [6.45, 7) is 2.13. The average molecular weight is 373 g/mol. The second-order valence-electron chi connectivity index (χ2n) is 7.50. The van der Waals surface area contributed by atoms with Crippen LogP contribution in [0, 0.1) is 5.92 Å². The quantitative estimate of drug-likeness (QED) is 0.750. The number of hydrogen-bond acceptors (Lipinski definition) is 6. The minimum absolute atomic E-state index is 0.0724. The molecule has 8 nitrogen and oxygen atoms in total. The van der Waals surface area contributed by atoms with Gasteiger partial charge in [-0.2, -0.15) is 10.1 Å². The highest BCUT2D eigenvalue weighted by molar-refractivity contribution is 5.92. The molecule has 0 aromatic carbocycles. The van der Waals surface area contributed by atoms with E-state index < -0.39 is 0 Å². The van der Waals surface area contributed by atoms with E-state index in [1.165, 1.54) is 25.7 Å². The van der Waals surface area contributed by atoms with Gasteiger partial charge < -0.3 is 14.2 Å². The molecule has 1 atom stereocenters. The number of carbonyl (C=O) groups excluding carboxylic acids is 1. The van der Waals surface area contributed by atoms with E-state index >= 15 is 0 Å². The predicted octanol–water partition coefficient (Wildman–Crippen LogP) is 2.91. The van der Waals surface area contributed by atoms with Gasteiger partial charge in [-0.05, 0) is 44.1 Å². The Morgan fingerprint density at radius 1 is 1.26 bits per heavy atom. The summed E-state index contributed by atoms with van der Waals surface area (Å²) in [5.74, 6) is 1.82. The first kappa shape index (κ1) is 18.2. The Hall–Kier alpha value is -2.22. The third-order valence-electron chi connectivity index (χ3n) is 5.56. The molecule has 8 heteroatoms. The molecule has 27 heavy (non-hydrogen) atoms. The number of aromatic nitrogens is 4. The standard InChI is InChI=1S/C19H27N5O3/c25-19(15-8-10-20-22-15)24-11-4-3-7-16(24)18-21-17(23-27-18)9-12-26-13-14-5-1-2-6-14/h8,10,14,16H,1-7,9,11-13H2,(H,20,22). The van der Waals surface area contributed by atoms with E-state index in [1.807, 2.05) is 4.90 Å². The molecule has 4 rings (SSSR count). The maximum Gasteiger partial charge on any atom is 0.272 e. The first-order valence-corrected chi connectivity index (χ1v) is 10.0. The maximum atomic E-state index is 12.7. The van der Waals surface area contributed by atoms with Crippen LogP contribution in [0.4, 0.5) is 0 Å². The zero-order valence-electron chi connectivity index (χ0n) is 15.6. The van der Waals surface area contributed by atoms with Gasteiger partial charge in [0.1, 0.15) is 11.7 Å². The molecule has 1 unspecified atom stereocenters. The normalized spacial score (nSPS) is 21.0. The summed E-state index contributed by atoms with van der Waals surface area (Å²) in [6.07, 6.45) is 10.3. The fraction of sp³-hybridized carbons (Fsp3) is 0.684. The first-order chi connectivity index (χ1) is 13.3. The van der Waals surface area contributed by atoms with E-state index in [2.05, 4.69) is 20.3 Å². The fourth-order valence-electron chi connectivity index (χ4n) is 4.06. The highest BCUT2D eigenvalue weighted by atomic mass is 16.5. The fourth-order valence-corrected chi connectivity index (χ4v) is 4.06. The predicted molar refractivity (Wildman–Crippen MR) is 97.0 cm³/mol. The molecule has 2 fully saturated rings. The van der Waals surface area contributed by atoms with Gasteiger partial charge in [-0.3, -0.25) is 9.89 Å². The molecule has 1 aliphatic carbocycles. The smallest absolute Gasteiger partial charge is 0.272 e. The summed E-state index contributed by atoms with van der Waals surface area (Å²) < 4.78 is 11.3. The molecule has 0 radical (unpaired) electrons. The molecule has 1 N–H and O–H groups in total. The van der Waals surface area contributed by atoms with Gasteiger partial charge in [-0.15, -0.1) is 0 Å². The summed E-state index contributed by atoms with van der Waals surface area (Å²) in [7, 11) is 0. The molecule has 3 heterocycles. The lowest BCUT2D eigenvalue weighted by atomic mass is 10.0. The molecule has 1 saturated heterocycles. The molecule has 2 aromatic rings. The number of nitrogens with one attached hydrogen (secondary N) is 1. The number of amides is 1. The van der Waals surface area contributed by atoms with Crippen molar-refractivity contribution in [3.05, 3.63) is 29.7 Å². The topological polar surface area (TPSA) is 97.1 Å². The molecule has 0 bridgehead atoms. The third-order valence-corrected chi connectivity index (χ3v) is 5.56. The molecule has 1 amide bonds. The van der Waals surface area contributed by atoms with Crippen LogP contribution in [0.25, 0.3) is 0 Å². The lowest BCUT2D eigenvalue weighted by Crippen LogP contribution is -2.38. The Balaban J connectivity index is 1.33. The number of hydrogen-bond donors (Lipinski definition) is 1. The number of piperidine rings is 1. The van der Waals surface area contributed by atoms with Crippen molar-refractivity contribution in [3.8, 4) is 0 Å². The second-order valence-corrected chi connectivity index (χ2v) is 7.50. The van der Waals surface area contributed by atoms with Crippen LogP contribution in [-0.4, -0.2) is 50.9 Å². The van der Waals surface area contributed by atoms with Crippen molar-refractivity contribution in [1.29, 1.82) is 0 Å². The van der Waals surface area contributed by atoms with Crippen LogP contribution in [0.15, 0.2) is 16.8 Å². The van der Waals surface area contributed by atoms with Gasteiger partial charge in [-0.1, -0.05) is 18.0 Å². The third kappa shape index (κ3) is 4.37. The van der Waals surface area contributed by atoms with Crippen molar-refractivity contribution >= 4 is 5.91 Å². The Bertz CT molecular complexity index is 724. The van der Waals surface area contributed by atoms with Gasteiger partial charge in [0, 0.05) is 25.8 Å². The van der Waals surface area contributed by atoms with Crippen LogP contribution in [-0.2, 0) is 11.2 Å². The van der Waals surface area contributed by atoms with E-state index in [4.69, 9.17) is 9.26 Å². The van der Waals surface area contributed by atoms with Crippen molar-refractivity contribution in [2.75, 3.05) is 19.8 Å². The molecule has 146 valence electrons. The highest BCUT2D eigenvalue weighted by Gasteiger charge is 2.33. The van der Waals surface area contributed by atoms with Gasteiger partial charge in [0.15, 0.2) is 5.82 Å². The number of rotatable bonds is 7. The van der Waals surface area contributed by atoms with Crippen molar-refractivity contribution in [2.24, 2.45) is 5.92 Å². The monoisotopic (exact) mass is 373 g/mol. The summed E-state index contributed by atoms with van der Waals surface area (Å²) in [5, 5.41) is 10.7. The highest BCUT2D eigenvalue weighted by Crippen LogP contribution is 2.31. The van der Waals surface area contributed by atoms with Crippen LogP contribution in [0.5, 0.6) is 0 Å². The minimum Gasteiger partial charge on any atom is -0.381 e. The van der Waals surface area contributed by atoms with E-state index in [1.54, 1.807) is 12.3 Å². The van der Waals surface area contributed by atoms with Crippen LogP contribution < -0.4 is 0 Å². The molecule has 0 spiro atoms. The van der Waals surface area contributed by atoms with Crippen molar-refractivity contribution in [1.82, 2.24) is 25.2 Å². The Kier molecular flexibility index (Phi) is 5.81. The molecular weight excluding hydrogens is 346 g/mol. The van der Waals surface area contributed by atoms with Crippen LogP contribution in [0.1, 0.15) is 73.2 Å². The summed E-state index contributed by atoms with van der Waals surface area (Å²) in [6, 6.07) is 1.52. The minimum atomic E-state index is -0.171. The van der Waals surface area contributed by atoms with Crippen LogP contribution in [0.3, 0.4) is 0 Å². The number of H-pyrrole nitrogens is 1. The molecule has 2 aromatic heterocycles. The Morgan fingerprint density at radius 2 is 2.11 bits per heavy atom. The number of nitrogens with zero attached hydrogens (tertiary/aromatic N) is 4. The zero-order chi connectivity index (χ0) is 18.5. The molecule has 2 aliphatic rings. The van der Waals surface area contributed by atoms with Gasteiger partial charge in [0.2, 0.25) is 5.89 Å². The molecule has 1 saturated carbocycles. The van der Waals surface area contributed by atoms with E-state index in [9.17, 15) is 4.79 Å². The second kappa shape index (κ2) is 8.65. The van der Waals surface area contributed by atoms with Crippen LogP contribution in [0.2, 0.25) is 0 Å². The van der Waals surface area contributed by atoms with Crippen LogP contribution >= 0.6 is 0 Å².